The van der Waals surface area contributed by atoms with E-state index in [1.165, 1.54) is 18.2 Å². The minimum absolute atomic E-state index is 0.0802. The van der Waals surface area contributed by atoms with Gasteiger partial charge in [-0.2, -0.15) is 10.4 Å². The van der Waals surface area contributed by atoms with Crippen molar-refractivity contribution in [3.63, 3.8) is 0 Å². The Bertz CT molecular complexity index is 1580. The number of sulfone groups is 1. The Hall–Kier alpha value is -4.15. The molecule has 0 saturated heterocycles. The van der Waals surface area contributed by atoms with Crippen LogP contribution in [0.3, 0.4) is 0 Å². The van der Waals surface area contributed by atoms with Gasteiger partial charge in [-0.05, 0) is 68.0 Å². The summed E-state index contributed by atoms with van der Waals surface area (Å²) in [5.74, 6) is 0.848. The third-order valence-corrected chi connectivity index (χ3v) is 7.63. The number of aromatic nitrogens is 2. The molecule has 0 amide bonds. The highest BCUT2D eigenvalue weighted by Gasteiger charge is 2.24. The Balaban J connectivity index is 1.66. The molecule has 0 fully saturated rings. The molecule has 6 nitrogen and oxygen atoms in total. The number of para-hydroxylation sites is 1. The van der Waals surface area contributed by atoms with Gasteiger partial charge in [0.2, 0.25) is 9.84 Å². The van der Waals surface area contributed by atoms with Gasteiger partial charge in [-0.3, -0.25) is 0 Å². The molecule has 1 aliphatic heterocycles. The van der Waals surface area contributed by atoms with Crippen LogP contribution >= 0.6 is 0 Å². The first-order valence-electron chi connectivity index (χ1n) is 11.2. The molecule has 1 unspecified atom stereocenters. The van der Waals surface area contributed by atoms with Crippen molar-refractivity contribution in [3.8, 4) is 28.8 Å². The van der Waals surface area contributed by atoms with Gasteiger partial charge >= 0.3 is 0 Å². The van der Waals surface area contributed by atoms with E-state index < -0.39 is 9.84 Å². The molecule has 0 radical (unpaired) electrons. The van der Waals surface area contributed by atoms with E-state index in [-0.39, 0.29) is 15.9 Å². The average Bonchev–Trinajstić information content (AvgIpc) is 3.45. The molecule has 174 valence electrons. The van der Waals surface area contributed by atoms with Gasteiger partial charge in [0.1, 0.15) is 28.5 Å². The first-order valence-corrected chi connectivity index (χ1v) is 12.7. The second kappa shape index (κ2) is 8.90. The van der Waals surface area contributed by atoms with Gasteiger partial charge in [0.15, 0.2) is 0 Å². The summed E-state index contributed by atoms with van der Waals surface area (Å²) in [5.41, 5.74) is 4.79. The van der Waals surface area contributed by atoms with Crippen LogP contribution in [0.4, 0.5) is 0 Å². The summed E-state index contributed by atoms with van der Waals surface area (Å²) < 4.78 is 34.0. The molecule has 2 heterocycles. The van der Waals surface area contributed by atoms with Crippen LogP contribution in [0.25, 0.3) is 23.0 Å². The minimum Gasteiger partial charge on any atom is -0.490 e. The van der Waals surface area contributed by atoms with Crippen LogP contribution in [-0.2, 0) is 16.3 Å². The molecule has 0 spiro atoms. The number of allylic oxidation sites excluding steroid dienone is 1. The lowest BCUT2D eigenvalue weighted by molar-refractivity contribution is 0.254. The lowest BCUT2D eigenvalue weighted by atomic mass is 10.0. The Morgan fingerprint density at radius 3 is 2.57 bits per heavy atom. The molecule has 1 aliphatic rings. The molecule has 0 N–H and O–H groups in total. The van der Waals surface area contributed by atoms with Crippen molar-refractivity contribution in [2.24, 2.45) is 0 Å². The van der Waals surface area contributed by atoms with Crippen molar-refractivity contribution in [2.45, 2.75) is 31.3 Å². The summed E-state index contributed by atoms with van der Waals surface area (Å²) in [4.78, 5) is -0.259. The largest absolute Gasteiger partial charge is 0.490 e. The summed E-state index contributed by atoms with van der Waals surface area (Å²) in [6.45, 7) is 3.90. The molecule has 5 rings (SSSR count). The molecular weight excluding hydrogens is 458 g/mol. The van der Waals surface area contributed by atoms with Crippen LogP contribution in [0.2, 0.25) is 0 Å². The number of ether oxygens (including phenoxy) is 1. The smallest absolute Gasteiger partial charge is 0.216 e. The molecule has 35 heavy (non-hydrogen) atoms. The van der Waals surface area contributed by atoms with E-state index in [9.17, 15) is 13.7 Å². The zero-order valence-corrected chi connectivity index (χ0v) is 20.2. The SMILES string of the molecule is Cc1ccc(S(=O)(=O)C(C#N)=Cc2cn(-c3ccccc3)nc2-c2ccc3c(c2)CC(C)O3)cc1. The summed E-state index contributed by atoms with van der Waals surface area (Å²) in [6, 6.07) is 23.8. The van der Waals surface area contributed by atoms with E-state index in [0.29, 0.717) is 11.3 Å². The summed E-state index contributed by atoms with van der Waals surface area (Å²) in [6.07, 6.45) is 4.05. The fraction of sp³-hybridized carbons (Fsp3) is 0.143. The van der Waals surface area contributed by atoms with Crippen LogP contribution < -0.4 is 4.74 Å². The maximum Gasteiger partial charge on any atom is 0.216 e. The average molecular weight is 482 g/mol. The van der Waals surface area contributed by atoms with Crippen LogP contribution in [0.15, 0.2) is 88.8 Å². The second-order valence-corrected chi connectivity index (χ2v) is 10.5. The van der Waals surface area contributed by atoms with Gasteiger partial charge in [-0.15, -0.1) is 0 Å². The monoisotopic (exact) mass is 481 g/mol. The normalized spacial score (nSPS) is 15.3. The molecule has 4 aromatic rings. The predicted molar refractivity (Wildman–Crippen MR) is 135 cm³/mol. The third kappa shape index (κ3) is 4.36. The van der Waals surface area contributed by atoms with E-state index in [2.05, 4.69) is 0 Å². The molecule has 7 heteroatoms. The zero-order valence-electron chi connectivity index (χ0n) is 19.3. The highest BCUT2D eigenvalue weighted by Crippen LogP contribution is 2.35. The molecule has 0 saturated carbocycles. The Morgan fingerprint density at radius 1 is 1.11 bits per heavy atom. The summed E-state index contributed by atoms with van der Waals surface area (Å²) in [5, 5.41) is 14.6. The van der Waals surface area contributed by atoms with Gasteiger partial charge in [0.25, 0.3) is 0 Å². The number of aryl methyl sites for hydroxylation is 1. The van der Waals surface area contributed by atoms with Crippen molar-refractivity contribution in [1.29, 1.82) is 5.26 Å². The molecule has 0 aliphatic carbocycles. The molecule has 3 aromatic carbocycles. The number of nitriles is 1. The molecule has 0 bridgehead atoms. The third-order valence-electron chi connectivity index (χ3n) is 5.95. The fourth-order valence-electron chi connectivity index (χ4n) is 4.16. The number of hydrogen-bond acceptors (Lipinski definition) is 5. The lowest BCUT2D eigenvalue weighted by Crippen LogP contribution is -2.05. The Labute approximate surface area is 204 Å². The first-order chi connectivity index (χ1) is 16.8. The van der Waals surface area contributed by atoms with E-state index in [0.717, 1.165) is 34.5 Å². The number of rotatable bonds is 5. The minimum atomic E-state index is -3.99. The predicted octanol–water partition coefficient (Wildman–Crippen LogP) is 5.51. The van der Waals surface area contributed by atoms with E-state index >= 15 is 0 Å². The van der Waals surface area contributed by atoms with E-state index in [1.807, 2.05) is 68.4 Å². The highest BCUT2D eigenvalue weighted by atomic mass is 32.2. The standard InChI is InChI=1S/C28H23N3O3S/c1-19-8-11-25(12-9-19)35(32,33)26(17-29)16-23-18-31(24-6-4-3-5-7-24)30-28(23)21-10-13-27-22(15-21)14-20(2)34-27/h3-13,15-16,18,20H,14H2,1-2H3. The van der Waals surface area contributed by atoms with E-state index in [1.54, 1.807) is 23.0 Å². The Kier molecular flexibility index (Phi) is 5.75. The van der Waals surface area contributed by atoms with Gasteiger partial charge < -0.3 is 4.74 Å². The first kappa shape index (κ1) is 22.6. The quantitative estimate of drug-likeness (QED) is 0.351. The van der Waals surface area contributed by atoms with Crippen molar-refractivity contribution in [2.75, 3.05) is 0 Å². The topological polar surface area (TPSA) is 85.0 Å². The fourth-order valence-corrected chi connectivity index (χ4v) is 5.31. The summed E-state index contributed by atoms with van der Waals surface area (Å²) >= 11 is 0. The number of benzene rings is 3. The maximum atomic E-state index is 13.3. The number of hydrogen-bond donors (Lipinski definition) is 0. The molecular formula is C28H23N3O3S. The molecule has 1 atom stereocenters. The number of nitrogens with zero attached hydrogens (tertiary/aromatic N) is 3. The lowest BCUT2D eigenvalue weighted by Gasteiger charge is -2.05. The zero-order chi connectivity index (χ0) is 24.6. The maximum absolute atomic E-state index is 13.3. The summed E-state index contributed by atoms with van der Waals surface area (Å²) in [7, 11) is -3.99. The van der Waals surface area contributed by atoms with Crippen molar-refractivity contribution in [3.05, 3.63) is 101 Å². The van der Waals surface area contributed by atoms with Crippen LogP contribution in [0.1, 0.15) is 23.6 Å². The molecule has 1 aromatic heterocycles. The second-order valence-electron chi connectivity index (χ2n) is 8.61. The van der Waals surface area contributed by atoms with Gasteiger partial charge in [0.05, 0.1) is 10.6 Å². The van der Waals surface area contributed by atoms with Gasteiger partial charge in [0, 0.05) is 23.7 Å². The highest BCUT2D eigenvalue weighted by molar-refractivity contribution is 7.95. The number of fused-ring (bicyclic) bond motifs is 1. The van der Waals surface area contributed by atoms with Gasteiger partial charge in [-0.25, -0.2) is 13.1 Å². The Morgan fingerprint density at radius 2 is 1.86 bits per heavy atom. The van der Waals surface area contributed by atoms with Crippen LogP contribution in [0.5, 0.6) is 5.75 Å². The van der Waals surface area contributed by atoms with Crippen molar-refractivity contribution >= 4 is 15.9 Å². The van der Waals surface area contributed by atoms with Crippen molar-refractivity contribution in [1.82, 2.24) is 9.78 Å². The van der Waals surface area contributed by atoms with Crippen LogP contribution in [-0.4, -0.2) is 24.3 Å². The van der Waals surface area contributed by atoms with Crippen molar-refractivity contribution < 1.29 is 13.2 Å². The van der Waals surface area contributed by atoms with Gasteiger partial charge in [-0.1, -0.05) is 35.9 Å². The van der Waals surface area contributed by atoms with Crippen LogP contribution in [0, 0.1) is 18.3 Å². The van der Waals surface area contributed by atoms with E-state index in [4.69, 9.17) is 9.84 Å².